The van der Waals surface area contributed by atoms with Gasteiger partial charge in [-0.2, -0.15) is 0 Å². The fraction of sp³-hybridized carbons (Fsp3) is 0.700. The summed E-state index contributed by atoms with van der Waals surface area (Å²) in [4.78, 5) is 11.4. The minimum Gasteiger partial charge on any atom is -0.377 e. The molecule has 0 N–H and O–H groups in total. The van der Waals surface area contributed by atoms with Crippen LogP contribution in [-0.4, -0.2) is 19.0 Å². The molecule has 2 atom stereocenters. The van der Waals surface area contributed by atoms with Crippen molar-refractivity contribution >= 4 is 5.78 Å². The van der Waals surface area contributed by atoms with Gasteiger partial charge in [-0.15, -0.1) is 0 Å². The van der Waals surface area contributed by atoms with E-state index in [2.05, 4.69) is 6.08 Å². The van der Waals surface area contributed by atoms with Crippen LogP contribution >= 0.6 is 0 Å². The summed E-state index contributed by atoms with van der Waals surface area (Å²) in [7, 11) is 1.66. The van der Waals surface area contributed by atoms with Crippen LogP contribution in [0.25, 0.3) is 0 Å². The highest BCUT2D eigenvalue weighted by molar-refractivity contribution is 5.81. The van der Waals surface area contributed by atoms with E-state index in [0.29, 0.717) is 12.2 Å². The quantitative estimate of drug-likeness (QED) is 0.602. The van der Waals surface area contributed by atoms with Crippen LogP contribution in [0, 0.1) is 5.92 Å². The third kappa shape index (κ3) is 1.95. The molecule has 1 aliphatic rings. The Hall–Kier alpha value is -0.630. The standard InChI is InChI=1S/C10H16O2/c1-3-9(11)8-6-4-5-7-10(8)12-2/h5,7-8,10H,3-4,6H2,1-2H3. The SMILES string of the molecule is CCC(=O)C1CCC=CC1OC. The van der Waals surface area contributed by atoms with Crippen molar-refractivity contribution in [3.8, 4) is 0 Å². The van der Waals surface area contributed by atoms with Crippen LogP contribution in [0.4, 0.5) is 0 Å². The first-order valence-corrected chi connectivity index (χ1v) is 4.51. The van der Waals surface area contributed by atoms with Gasteiger partial charge in [-0.1, -0.05) is 19.1 Å². The molecule has 0 fully saturated rings. The summed E-state index contributed by atoms with van der Waals surface area (Å²) in [5.41, 5.74) is 0. The van der Waals surface area contributed by atoms with Gasteiger partial charge >= 0.3 is 0 Å². The van der Waals surface area contributed by atoms with E-state index in [1.165, 1.54) is 0 Å². The van der Waals surface area contributed by atoms with E-state index in [4.69, 9.17) is 4.74 Å². The molecule has 0 aromatic heterocycles. The fourth-order valence-corrected chi connectivity index (χ4v) is 1.65. The van der Waals surface area contributed by atoms with Gasteiger partial charge in [0.15, 0.2) is 0 Å². The summed E-state index contributed by atoms with van der Waals surface area (Å²) in [6.45, 7) is 1.91. The van der Waals surface area contributed by atoms with Gasteiger partial charge in [0.05, 0.1) is 6.10 Å². The van der Waals surface area contributed by atoms with Gasteiger partial charge in [0.2, 0.25) is 0 Å². The number of rotatable bonds is 3. The van der Waals surface area contributed by atoms with Gasteiger partial charge in [0.1, 0.15) is 5.78 Å². The molecule has 1 aliphatic carbocycles. The minimum absolute atomic E-state index is 0.0196. The molecule has 0 aliphatic heterocycles. The molecule has 0 aromatic rings. The molecule has 0 spiro atoms. The van der Waals surface area contributed by atoms with Gasteiger partial charge < -0.3 is 4.74 Å². The average molecular weight is 168 g/mol. The highest BCUT2D eigenvalue weighted by atomic mass is 16.5. The van der Waals surface area contributed by atoms with E-state index >= 15 is 0 Å². The van der Waals surface area contributed by atoms with Crippen LogP contribution in [0.3, 0.4) is 0 Å². The number of methoxy groups -OCH3 is 1. The Kier molecular flexibility index (Phi) is 3.48. The monoisotopic (exact) mass is 168 g/mol. The van der Waals surface area contributed by atoms with Crippen molar-refractivity contribution in [1.82, 2.24) is 0 Å². The fourth-order valence-electron chi connectivity index (χ4n) is 1.65. The molecular formula is C10H16O2. The second-order valence-corrected chi connectivity index (χ2v) is 3.13. The maximum Gasteiger partial charge on any atom is 0.138 e. The average Bonchev–Trinajstić information content (AvgIpc) is 2.16. The summed E-state index contributed by atoms with van der Waals surface area (Å²) >= 11 is 0. The zero-order valence-corrected chi connectivity index (χ0v) is 7.75. The topological polar surface area (TPSA) is 26.3 Å². The molecule has 68 valence electrons. The molecule has 0 radical (unpaired) electrons. The molecule has 0 saturated heterocycles. The van der Waals surface area contributed by atoms with Crippen LogP contribution in [0.1, 0.15) is 26.2 Å². The van der Waals surface area contributed by atoms with Gasteiger partial charge in [0, 0.05) is 19.4 Å². The van der Waals surface area contributed by atoms with Gasteiger partial charge in [-0.05, 0) is 12.8 Å². The summed E-state index contributed by atoms with van der Waals surface area (Å²) in [5.74, 6) is 0.427. The second kappa shape index (κ2) is 4.41. The summed E-state index contributed by atoms with van der Waals surface area (Å²) < 4.78 is 5.22. The minimum atomic E-state index is 0.0196. The van der Waals surface area contributed by atoms with E-state index in [1.807, 2.05) is 13.0 Å². The summed E-state index contributed by atoms with van der Waals surface area (Å²) in [6, 6.07) is 0. The van der Waals surface area contributed by atoms with E-state index in [1.54, 1.807) is 7.11 Å². The van der Waals surface area contributed by atoms with Crippen molar-refractivity contribution in [2.45, 2.75) is 32.3 Å². The first kappa shape index (κ1) is 9.46. The van der Waals surface area contributed by atoms with Crippen LogP contribution in [0.5, 0.6) is 0 Å². The van der Waals surface area contributed by atoms with Crippen molar-refractivity contribution in [1.29, 1.82) is 0 Å². The lowest BCUT2D eigenvalue weighted by Gasteiger charge is -2.24. The highest BCUT2D eigenvalue weighted by Gasteiger charge is 2.26. The lowest BCUT2D eigenvalue weighted by atomic mass is 9.87. The van der Waals surface area contributed by atoms with Gasteiger partial charge in [-0.3, -0.25) is 4.79 Å². The number of hydrogen-bond donors (Lipinski definition) is 0. The van der Waals surface area contributed by atoms with Crippen molar-refractivity contribution in [2.75, 3.05) is 7.11 Å². The summed E-state index contributed by atoms with van der Waals surface area (Å²) in [5, 5.41) is 0. The molecule has 0 heterocycles. The molecule has 2 unspecified atom stereocenters. The molecule has 0 bridgehead atoms. The van der Waals surface area contributed by atoms with E-state index in [-0.39, 0.29) is 12.0 Å². The van der Waals surface area contributed by atoms with E-state index < -0.39 is 0 Å². The molecule has 1 rings (SSSR count). The predicted octanol–water partition coefficient (Wildman–Crippen LogP) is 1.95. The van der Waals surface area contributed by atoms with Gasteiger partial charge in [-0.25, -0.2) is 0 Å². The normalized spacial score (nSPS) is 28.8. The number of allylic oxidation sites excluding steroid dienone is 1. The maximum absolute atomic E-state index is 11.4. The van der Waals surface area contributed by atoms with Crippen LogP contribution < -0.4 is 0 Å². The van der Waals surface area contributed by atoms with Crippen molar-refractivity contribution < 1.29 is 9.53 Å². The number of hydrogen-bond acceptors (Lipinski definition) is 2. The van der Waals surface area contributed by atoms with Crippen molar-refractivity contribution in [3.63, 3.8) is 0 Å². The second-order valence-electron chi connectivity index (χ2n) is 3.13. The largest absolute Gasteiger partial charge is 0.377 e. The molecule has 2 heteroatoms. The number of Topliss-reactive ketones (excluding diaryl/α,β-unsaturated/α-hetero) is 1. The van der Waals surface area contributed by atoms with Crippen molar-refractivity contribution in [3.05, 3.63) is 12.2 Å². The molecular weight excluding hydrogens is 152 g/mol. The number of carbonyl (C=O) groups is 1. The Morgan fingerprint density at radius 1 is 1.67 bits per heavy atom. The van der Waals surface area contributed by atoms with Crippen LogP contribution in [0.15, 0.2) is 12.2 Å². The third-order valence-electron chi connectivity index (χ3n) is 2.40. The van der Waals surface area contributed by atoms with E-state index in [9.17, 15) is 4.79 Å². The Morgan fingerprint density at radius 2 is 2.42 bits per heavy atom. The number of ether oxygens (including phenoxy) is 1. The molecule has 2 nitrogen and oxygen atoms in total. The van der Waals surface area contributed by atoms with Crippen LogP contribution in [0.2, 0.25) is 0 Å². The zero-order valence-electron chi connectivity index (χ0n) is 7.75. The first-order valence-electron chi connectivity index (χ1n) is 4.51. The predicted molar refractivity (Wildman–Crippen MR) is 48.0 cm³/mol. The molecule has 0 amide bonds. The Balaban J connectivity index is 2.62. The first-order chi connectivity index (χ1) is 5.79. The van der Waals surface area contributed by atoms with Crippen molar-refractivity contribution in [2.24, 2.45) is 5.92 Å². The molecule has 0 aromatic carbocycles. The summed E-state index contributed by atoms with van der Waals surface area (Å²) in [6.07, 6.45) is 6.69. The zero-order chi connectivity index (χ0) is 8.97. The Bertz CT molecular complexity index is 184. The van der Waals surface area contributed by atoms with E-state index in [0.717, 1.165) is 12.8 Å². The maximum atomic E-state index is 11.4. The Labute approximate surface area is 73.6 Å². The lowest BCUT2D eigenvalue weighted by Crippen LogP contribution is -2.29. The molecule has 0 saturated carbocycles. The smallest absolute Gasteiger partial charge is 0.138 e. The van der Waals surface area contributed by atoms with Crippen LogP contribution in [-0.2, 0) is 9.53 Å². The highest BCUT2D eigenvalue weighted by Crippen LogP contribution is 2.22. The molecule has 12 heavy (non-hydrogen) atoms. The van der Waals surface area contributed by atoms with Gasteiger partial charge in [0.25, 0.3) is 0 Å². The Morgan fingerprint density at radius 3 is 3.00 bits per heavy atom. The number of carbonyl (C=O) groups excluding carboxylic acids is 1. The lowest BCUT2D eigenvalue weighted by molar-refractivity contribution is -0.126. The number of ketones is 1. The third-order valence-corrected chi connectivity index (χ3v) is 2.40.